The van der Waals surface area contributed by atoms with Gasteiger partial charge in [0.2, 0.25) is 11.8 Å². The fourth-order valence-corrected chi connectivity index (χ4v) is 2.44. The molecule has 24 heavy (non-hydrogen) atoms. The third kappa shape index (κ3) is 6.81. The fraction of sp³-hybridized carbons (Fsp3) is 0.500. The number of carbonyl (C=O) groups excluding carboxylic acids is 2. The average Bonchev–Trinajstić information content (AvgIpc) is 2.52. The Hall–Kier alpha value is -2.37. The predicted octanol–water partition coefficient (Wildman–Crippen LogP) is 2.44. The van der Waals surface area contributed by atoms with Gasteiger partial charge in [-0.1, -0.05) is 39.3 Å². The van der Waals surface area contributed by atoms with Crippen LogP contribution in [0.5, 0.6) is 0 Å². The summed E-state index contributed by atoms with van der Waals surface area (Å²) in [5, 5.41) is 13.7. The number of nitrogens with one attached hydrogen (secondary N) is 2. The Morgan fingerprint density at radius 2 is 1.75 bits per heavy atom. The molecule has 0 saturated heterocycles. The molecule has 2 amide bonds. The molecule has 132 valence electrons. The Labute approximate surface area is 142 Å². The summed E-state index contributed by atoms with van der Waals surface area (Å²) in [5.41, 5.74) is 1.45. The van der Waals surface area contributed by atoms with E-state index in [-0.39, 0.29) is 36.6 Å². The lowest BCUT2D eigenvalue weighted by molar-refractivity contribution is -0.137. The van der Waals surface area contributed by atoms with Crippen molar-refractivity contribution in [3.05, 3.63) is 29.8 Å². The topological polar surface area (TPSA) is 95.5 Å². The molecule has 6 heteroatoms. The molecular weight excluding hydrogens is 308 g/mol. The van der Waals surface area contributed by atoms with E-state index >= 15 is 0 Å². The lowest BCUT2D eigenvalue weighted by atomic mass is 9.90. The van der Waals surface area contributed by atoms with E-state index in [1.165, 1.54) is 0 Å². The van der Waals surface area contributed by atoms with Crippen molar-refractivity contribution in [2.45, 2.75) is 40.0 Å². The summed E-state index contributed by atoms with van der Waals surface area (Å²) >= 11 is 0. The van der Waals surface area contributed by atoms with Crippen molar-refractivity contribution in [2.75, 3.05) is 11.9 Å². The van der Waals surface area contributed by atoms with Crippen LogP contribution in [-0.4, -0.2) is 29.4 Å². The average molecular weight is 334 g/mol. The Kier molecular flexibility index (Phi) is 7.95. The predicted molar refractivity (Wildman–Crippen MR) is 92.7 cm³/mol. The molecule has 0 aliphatic heterocycles. The maximum atomic E-state index is 12.3. The molecule has 0 heterocycles. The first-order chi connectivity index (χ1) is 11.3. The number of carbonyl (C=O) groups is 3. The molecule has 1 aromatic rings. The van der Waals surface area contributed by atoms with Crippen LogP contribution in [0, 0.1) is 11.8 Å². The molecule has 0 saturated carbocycles. The molecule has 0 aliphatic rings. The largest absolute Gasteiger partial charge is 0.480 e. The molecular formula is C18H26N2O4. The molecule has 0 bridgehead atoms. The highest BCUT2D eigenvalue weighted by molar-refractivity contribution is 5.92. The number of hydrogen-bond donors (Lipinski definition) is 3. The summed E-state index contributed by atoms with van der Waals surface area (Å²) in [7, 11) is 0. The van der Waals surface area contributed by atoms with Crippen molar-refractivity contribution in [2.24, 2.45) is 11.8 Å². The molecule has 1 rings (SSSR count). The minimum atomic E-state index is -1.08. The number of anilines is 1. The van der Waals surface area contributed by atoms with Crippen LogP contribution in [0.2, 0.25) is 0 Å². The molecule has 0 aromatic heterocycles. The minimum Gasteiger partial charge on any atom is -0.480 e. The molecule has 1 atom stereocenters. The zero-order chi connectivity index (χ0) is 18.1. The monoisotopic (exact) mass is 334 g/mol. The maximum absolute atomic E-state index is 12.3. The smallest absolute Gasteiger partial charge is 0.322 e. The van der Waals surface area contributed by atoms with Gasteiger partial charge in [-0.15, -0.1) is 0 Å². The summed E-state index contributed by atoms with van der Waals surface area (Å²) in [6.07, 6.45) is 1.91. The van der Waals surface area contributed by atoms with Crippen molar-refractivity contribution in [3.8, 4) is 0 Å². The third-order valence-electron chi connectivity index (χ3n) is 3.76. The van der Waals surface area contributed by atoms with Gasteiger partial charge in [0.1, 0.15) is 6.54 Å². The normalized spacial score (nSPS) is 11.8. The first kappa shape index (κ1) is 19.7. The number of amides is 2. The highest BCUT2D eigenvalue weighted by Crippen LogP contribution is 2.20. The van der Waals surface area contributed by atoms with E-state index in [0.29, 0.717) is 5.69 Å². The van der Waals surface area contributed by atoms with E-state index in [2.05, 4.69) is 17.6 Å². The van der Waals surface area contributed by atoms with Gasteiger partial charge < -0.3 is 15.7 Å². The van der Waals surface area contributed by atoms with E-state index < -0.39 is 5.97 Å². The van der Waals surface area contributed by atoms with Gasteiger partial charge in [-0.25, -0.2) is 0 Å². The van der Waals surface area contributed by atoms with Crippen molar-refractivity contribution in [1.82, 2.24) is 5.32 Å². The molecule has 1 aromatic carbocycles. The summed E-state index contributed by atoms with van der Waals surface area (Å²) in [5.74, 6) is -1.15. The van der Waals surface area contributed by atoms with Gasteiger partial charge in [-0.3, -0.25) is 14.4 Å². The molecule has 0 fully saturated rings. The van der Waals surface area contributed by atoms with Gasteiger partial charge in [0.25, 0.3) is 0 Å². The zero-order valence-corrected chi connectivity index (χ0v) is 14.5. The molecule has 6 nitrogen and oxygen atoms in total. The maximum Gasteiger partial charge on any atom is 0.322 e. The third-order valence-corrected chi connectivity index (χ3v) is 3.76. The summed E-state index contributed by atoms with van der Waals surface area (Å²) in [4.78, 5) is 34.3. The van der Waals surface area contributed by atoms with Gasteiger partial charge in [-0.2, -0.15) is 0 Å². The molecule has 0 radical (unpaired) electrons. The number of aliphatic carboxylic acids is 1. The Morgan fingerprint density at radius 3 is 2.25 bits per heavy atom. The molecule has 0 spiro atoms. The zero-order valence-electron chi connectivity index (χ0n) is 14.5. The van der Waals surface area contributed by atoms with E-state index in [9.17, 15) is 14.4 Å². The van der Waals surface area contributed by atoms with Crippen LogP contribution in [0.25, 0.3) is 0 Å². The van der Waals surface area contributed by atoms with E-state index in [1.807, 2.05) is 13.8 Å². The number of rotatable bonds is 9. The Bertz CT molecular complexity index is 567. The fourth-order valence-electron chi connectivity index (χ4n) is 2.44. The van der Waals surface area contributed by atoms with Crippen LogP contribution in [0.1, 0.15) is 39.2 Å². The number of carboxylic acid groups (broad SMARTS) is 1. The first-order valence-corrected chi connectivity index (χ1v) is 8.21. The quantitative estimate of drug-likeness (QED) is 0.646. The van der Waals surface area contributed by atoms with Crippen LogP contribution in [0.15, 0.2) is 24.3 Å². The van der Waals surface area contributed by atoms with Gasteiger partial charge >= 0.3 is 5.97 Å². The lowest BCUT2D eigenvalue weighted by Crippen LogP contribution is -2.30. The SMILES string of the molecule is CCCC(C(=O)Nc1ccc(CC(=O)NCC(=O)O)cc1)C(C)C. The van der Waals surface area contributed by atoms with Crippen molar-refractivity contribution < 1.29 is 19.5 Å². The molecule has 0 aliphatic carbocycles. The van der Waals surface area contributed by atoms with Crippen LogP contribution < -0.4 is 10.6 Å². The van der Waals surface area contributed by atoms with Crippen LogP contribution >= 0.6 is 0 Å². The van der Waals surface area contributed by atoms with Gasteiger partial charge in [0.05, 0.1) is 6.42 Å². The van der Waals surface area contributed by atoms with E-state index in [4.69, 9.17) is 5.11 Å². The van der Waals surface area contributed by atoms with Gasteiger partial charge in [-0.05, 0) is 30.0 Å². The number of benzene rings is 1. The van der Waals surface area contributed by atoms with Crippen molar-refractivity contribution >= 4 is 23.5 Å². The van der Waals surface area contributed by atoms with E-state index in [1.54, 1.807) is 24.3 Å². The molecule has 1 unspecified atom stereocenters. The summed E-state index contributed by atoms with van der Waals surface area (Å²) < 4.78 is 0. The summed E-state index contributed by atoms with van der Waals surface area (Å²) in [6.45, 7) is 5.76. The molecule has 3 N–H and O–H groups in total. The Morgan fingerprint density at radius 1 is 1.12 bits per heavy atom. The highest BCUT2D eigenvalue weighted by Gasteiger charge is 2.21. The number of hydrogen-bond acceptors (Lipinski definition) is 3. The second-order valence-corrected chi connectivity index (χ2v) is 6.17. The number of carboxylic acids is 1. The second-order valence-electron chi connectivity index (χ2n) is 6.17. The van der Waals surface area contributed by atoms with E-state index in [0.717, 1.165) is 18.4 Å². The standard InChI is InChI=1S/C18H26N2O4/c1-4-5-15(12(2)3)18(24)20-14-8-6-13(7-9-14)10-16(21)19-11-17(22)23/h6-9,12,15H,4-5,10-11H2,1-3H3,(H,19,21)(H,20,24)(H,22,23). The van der Waals surface area contributed by atoms with Crippen LogP contribution in [-0.2, 0) is 20.8 Å². The van der Waals surface area contributed by atoms with Gasteiger partial charge in [0.15, 0.2) is 0 Å². The highest BCUT2D eigenvalue weighted by atomic mass is 16.4. The summed E-state index contributed by atoms with van der Waals surface area (Å²) in [6, 6.07) is 7.00. The Balaban J connectivity index is 2.59. The van der Waals surface area contributed by atoms with Crippen molar-refractivity contribution in [3.63, 3.8) is 0 Å². The van der Waals surface area contributed by atoms with Gasteiger partial charge in [0, 0.05) is 11.6 Å². The van der Waals surface area contributed by atoms with Crippen LogP contribution in [0.3, 0.4) is 0 Å². The second kappa shape index (κ2) is 9.70. The van der Waals surface area contributed by atoms with Crippen molar-refractivity contribution in [1.29, 1.82) is 0 Å². The van der Waals surface area contributed by atoms with Crippen LogP contribution in [0.4, 0.5) is 5.69 Å². The minimum absolute atomic E-state index is 0.0128. The first-order valence-electron chi connectivity index (χ1n) is 8.21. The lowest BCUT2D eigenvalue weighted by Gasteiger charge is -2.19.